The van der Waals surface area contributed by atoms with Crippen LogP contribution in [0.25, 0.3) is 22.8 Å². The van der Waals surface area contributed by atoms with Crippen molar-refractivity contribution in [2.24, 2.45) is 5.92 Å². The van der Waals surface area contributed by atoms with Crippen molar-refractivity contribution in [1.82, 2.24) is 10.1 Å². The van der Waals surface area contributed by atoms with Crippen molar-refractivity contribution in [3.63, 3.8) is 0 Å². The van der Waals surface area contributed by atoms with Crippen LogP contribution in [0.4, 0.5) is 0 Å². The number of halogens is 1. The first kappa shape index (κ1) is 18.4. The molecule has 0 N–H and O–H groups in total. The highest BCUT2D eigenvalue weighted by Gasteiger charge is 2.22. The average Bonchev–Trinajstić information content (AvgIpc) is 3.20. The van der Waals surface area contributed by atoms with E-state index in [4.69, 9.17) is 4.52 Å². The third kappa shape index (κ3) is 4.32. The summed E-state index contributed by atoms with van der Waals surface area (Å²) in [5.41, 5.74) is 3.38. The molecular formula is C23H25BrN2O. The molecule has 0 atom stereocenters. The third-order valence-corrected chi connectivity index (χ3v) is 6.23. The Labute approximate surface area is 169 Å². The first-order valence-electron chi connectivity index (χ1n) is 9.93. The van der Waals surface area contributed by atoms with Gasteiger partial charge in [0.05, 0.1) is 0 Å². The van der Waals surface area contributed by atoms with Gasteiger partial charge in [0.25, 0.3) is 5.89 Å². The van der Waals surface area contributed by atoms with Crippen molar-refractivity contribution < 1.29 is 4.52 Å². The lowest BCUT2D eigenvalue weighted by Gasteiger charge is -2.28. The Morgan fingerprint density at radius 3 is 2.26 bits per heavy atom. The van der Waals surface area contributed by atoms with Crippen LogP contribution in [0.2, 0.25) is 0 Å². The van der Waals surface area contributed by atoms with E-state index in [-0.39, 0.29) is 0 Å². The van der Waals surface area contributed by atoms with Gasteiger partial charge in [-0.25, -0.2) is 0 Å². The van der Waals surface area contributed by atoms with Crippen LogP contribution in [-0.4, -0.2) is 10.1 Å². The molecule has 1 heterocycles. The monoisotopic (exact) mass is 424 g/mol. The summed E-state index contributed by atoms with van der Waals surface area (Å²) in [6.45, 7) is 2.30. The minimum absolute atomic E-state index is 0.552. The zero-order valence-electron chi connectivity index (χ0n) is 15.7. The number of nitrogens with zero attached hydrogens (tertiary/aromatic N) is 2. The van der Waals surface area contributed by atoms with E-state index in [0.717, 1.165) is 21.5 Å². The molecule has 0 radical (unpaired) electrons. The van der Waals surface area contributed by atoms with E-state index in [0.29, 0.717) is 17.6 Å². The SMILES string of the molecule is CCCC1CCC(c2ccc(-c3noc(-c4ccc(Br)cc4)n3)cc2)CC1. The lowest BCUT2D eigenvalue weighted by molar-refractivity contribution is 0.308. The predicted octanol–water partition coefficient (Wildman–Crippen LogP) is 7.24. The highest BCUT2D eigenvalue weighted by Crippen LogP contribution is 2.38. The topological polar surface area (TPSA) is 38.9 Å². The number of benzene rings is 2. The molecule has 1 aromatic heterocycles. The van der Waals surface area contributed by atoms with Crippen LogP contribution in [0.5, 0.6) is 0 Å². The fraction of sp³-hybridized carbons (Fsp3) is 0.391. The number of rotatable bonds is 5. The van der Waals surface area contributed by atoms with Crippen LogP contribution in [-0.2, 0) is 0 Å². The van der Waals surface area contributed by atoms with Crippen molar-refractivity contribution in [3.8, 4) is 22.8 Å². The highest BCUT2D eigenvalue weighted by atomic mass is 79.9. The molecule has 0 spiro atoms. The zero-order valence-corrected chi connectivity index (χ0v) is 17.3. The van der Waals surface area contributed by atoms with E-state index < -0.39 is 0 Å². The Bertz CT molecular complexity index is 862. The maximum Gasteiger partial charge on any atom is 0.258 e. The maximum absolute atomic E-state index is 5.45. The quantitative estimate of drug-likeness (QED) is 0.433. The van der Waals surface area contributed by atoms with Crippen LogP contribution < -0.4 is 0 Å². The van der Waals surface area contributed by atoms with Crippen molar-refractivity contribution >= 4 is 15.9 Å². The van der Waals surface area contributed by atoms with Crippen molar-refractivity contribution in [3.05, 3.63) is 58.6 Å². The Kier molecular flexibility index (Phi) is 5.72. The van der Waals surface area contributed by atoms with Crippen LogP contribution >= 0.6 is 15.9 Å². The molecule has 0 amide bonds. The van der Waals surface area contributed by atoms with E-state index in [1.165, 1.54) is 44.1 Å². The maximum atomic E-state index is 5.45. The molecule has 0 aliphatic heterocycles. The van der Waals surface area contributed by atoms with Gasteiger partial charge in [0.15, 0.2) is 0 Å². The molecule has 140 valence electrons. The minimum atomic E-state index is 0.552. The minimum Gasteiger partial charge on any atom is -0.334 e. The zero-order chi connectivity index (χ0) is 18.6. The smallest absolute Gasteiger partial charge is 0.258 e. The van der Waals surface area contributed by atoms with Gasteiger partial charge in [-0.3, -0.25) is 0 Å². The van der Waals surface area contributed by atoms with Gasteiger partial charge in [0.1, 0.15) is 0 Å². The molecule has 4 heteroatoms. The number of aromatic nitrogens is 2. The fourth-order valence-corrected chi connectivity index (χ4v) is 4.41. The fourth-order valence-electron chi connectivity index (χ4n) is 4.15. The van der Waals surface area contributed by atoms with E-state index in [1.807, 2.05) is 24.3 Å². The van der Waals surface area contributed by atoms with Crippen molar-refractivity contribution in [1.29, 1.82) is 0 Å². The van der Waals surface area contributed by atoms with Gasteiger partial charge in [0.2, 0.25) is 5.82 Å². The first-order valence-corrected chi connectivity index (χ1v) is 10.7. The van der Waals surface area contributed by atoms with E-state index in [2.05, 4.69) is 57.3 Å². The Morgan fingerprint density at radius 2 is 1.59 bits per heavy atom. The Hall–Kier alpha value is -1.94. The summed E-state index contributed by atoms with van der Waals surface area (Å²) < 4.78 is 6.48. The van der Waals surface area contributed by atoms with Gasteiger partial charge < -0.3 is 4.52 Å². The largest absolute Gasteiger partial charge is 0.334 e. The average molecular weight is 425 g/mol. The molecule has 4 rings (SSSR count). The van der Waals surface area contributed by atoms with Gasteiger partial charge >= 0.3 is 0 Å². The van der Waals surface area contributed by atoms with Gasteiger partial charge in [-0.1, -0.05) is 65.1 Å². The molecule has 1 saturated carbocycles. The summed E-state index contributed by atoms with van der Waals surface area (Å²) in [6, 6.07) is 16.6. The number of hydrogen-bond donors (Lipinski definition) is 0. The summed E-state index contributed by atoms with van der Waals surface area (Å²) in [7, 11) is 0. The molecule has 1 fully saturated rings. The molecule has 1 aliphatic carbocycles. The standard InChI is InChI=1S/C23H25BrN2O/c1-2-3-16-4-6-17(7-5-16)18-8-10-19(11-9-18)22-25-23(27-26-22)20-12-14-21(24)15-13-20/h8-17H,2-7H2,1H3. The van der Waals surface area contributed by atoms with Gasteiger partial charge in [-0.15, -0.1) is 0 Å². The highest BCUT2D eigenvalue weighted by molar-refractivity contribution is 9.10. The molecular weight excluding hydrogens is 400 g/mol. The summed E-state index contributed by atoms with van der Waals surface area (Å²) >= 11 is 3.44. The molecule has 0 unspecified atom stereocenters. The lowest BCUT2D eigenvalue weighted by atomic mass is 9.77. The summed E-state index contributed by atoms with van der Waals surface area (Å²) in [6.07, 6.45) is 8.10. The van der Waals surface area contributed by atoms with Crippen LogP contribution in [0.15, 0.2) is 57.5 Å². The molecule has 27 heavy (non-hydrogen) atoms. The van der Waals surface area contributed by atoms with E-state index in [9.17, 15) is 0 Å². The van der Waals surface area contributed by atoms with Crippen LogP contribution in [0.1, 0.15) is 56.9 Å². The van der Waals surface area contributed by atoms with E-state index in [1.54, 1.807) is 0 Å². The summed E-state index contributed by atoms with van der Waals surface area (Å²) in [4.78, 5) is 4.56. The second kappa shape index (κ2) is 8.39. The van der Waals surface area contributed by atoms with Crippen LogP contribution in [0, 0.1) is 5.92 Å². The van der Waals surface area contributed by atoms with Gasteiger partial charge in [-0.2, -0.15) is 4.98 Å². The molecule has 1 aliphatic rings. The summed E-state index contributed by atoms with van der Waals surface area (Å²) in [5.74, 6) is 2.85. The second-order valence-electron chi connectivity index (χ2n) is 7.56. The Morgan fingerprint density at radius 1 is 0.926 bits per heavy atom. The second-order valence-corrected chi connectivity index (χ2v) is 8.47. The van der Waals surface area contributed by atoms with Gasteiger partial charge in [0, 0.05) is 15.6 Å². The third-order valence-electron chi connectivity index (χ3n) is 5.70. The normalized spacial score (nSPS) is 19.9. The van der Waals surface area contributed by atoms with E-state index >= 15 is 0 Å². The predicted molar refractivity (Wildman–Crippen MR) is 112 cm³/mol. The lowest BCUT2D eigenvalue weighted by Crippen LogP contribution is -2.13. The van der Waals surface area contributed by atoms with Gasteiger partial charge in [-0.05, 0) is 67.3 Å². The molecule has 0 saturated heterocycles. The molecule has 3 aromatic rings. The van der Waals surface area contributed by atoms with Crippen molar-refractivity contribution in [2.45, 2.75) is 51.4 Å². The molecule has 3 nitrogen and oxygen atoms in total. The Balaban J connectivity index is 1.44. The molecule has 0 bridgehead atoms. The first-order chi connectivity index (χ1) is 13.2. The summed E-state index contributed by atoms with van der Waals surface area (Å²) in [5, 5.41) is 4.16. The van der Waals surface area contributed by atoms with Crippen molar-refractivity contribution in [2.75, 3.05) is 0 Å². The molecule has 2 aromatic carbocycles. The number of hydrogen-bond acceptors (Lipinski definition) is 3. The van der Waals surface area contributed by atoms with Crippen LogP contribution in [0.3, 0.4) is 0 Å².